The van der Waals surface area contributed by atoms with Gasteiger partial charge >= 0.3 is 0 Å². The molecule has 1 aromatic rings. The van der Waals surface area contributed by atoms with Gasteiger partial charge in [-0.1, -0.05) is 12.8 Å². The molecule has 1 saturated heterocycles. The van der Waals surface area contributed by atoms with Crippen molar-refractivity contribution in [3.63, 3.8) is 0 Å². The summed E-state index contributed by atoms with van der Waals surface area (Å²) < 4.78 is 2.05. The van der Waals surface area contributed by atoms with E-state index in [1.165, 1.54) is 57.2 Å². The number of aromatic nitrogens is 2. The van der Waals surface area contributed by atoms with E-state index >= 15 is 0 Å². The lowest BCUT2D eigenvalue weighted by molar-refractivity contribution is 0.117. The van der Waals surface area contributed by atoms with Crippen LogP contribution in [0.4, 0.5) is 0 Å². The second-order valence-electron chi connectivity index (χ2n) is 6.04. The Morgan fingerprint density at radius 3 is 2.85 bits per heavy atom. The highest BCUT2D eigenvalue weighted by atomic mass is 16.3. The van der Waals surface area contributed by atoms with Gasteiger partial charge < -0.3 is 10.0 Å². The van der Waals surface area contributed by atoms with Gasteiger partial charge in [0.05, 0.1) is 6.20 Å². The van der Waals surface area contributed by atoms with E-state index in [0.29, 0.717) is 12.6 Å². The van der Waals surface area contributed by atoms with Crippen LogP contribution in [0.15, 0.2) is 12.4 Å². The molecule has 20 heavy (non-hydrogen) atoms. The predicted octanol–water partition coefficient (Wildman–Crippen LogP) is 2.60. The summed E-state index contributed by atoms with van der Waals surface area (Å²) in [7, 11) is 0. The van der Waals surface area contributed by atoms with Gasteiger partial charge in [-0.25, -0.2) is 0 Å². The number of aryl methyl sites for hydroxylation is 2. The van der Waals surface area contributed by atoms with Gasteiger partial charge in [-0.05, 0) is 57.7 Å². The molecule has 0 bridgehead atoms. The first kappa shape index (κ1) is 15.5. The summed E-state index contributed by atoms with van der Waals surface area (Å²) in [5, 5.41) is 13.5. The molecule has 0 spiro atoms. The second kappa shape index (κ2) is 8.42. The van der Waals surface area contributed by atoms with Crippen molar-refractivity contribution >= 4 is 0 Å². The van der Waals surface area contributed by atoms with Gasteiger partial charge in [0.25, 0.3) is 0 Å². The molecule has 1 aliphatic heterocycles. The van der Waals surface area contributed by atoms with E-state index in [0.717, 1.165) is 13.0 Å². The van der Waals surface area contributed by atoms with Gasteiger partial charge in [-0.15, -0.1) is 0 Å². The molecular formula is C16H29N3O. The minimum atomic E-state index is 0.333. The number of aliphatic hydroxyl groups is 1. The van der Waals surface area contributed by atoms with E-state index in [1.807, 2.05) is 10.9 Å². The largest absolute Gasteiger partial charge is 0.396 e. The van der Waals surface area contributed by atoms with Gasteiger partial charge in [0, 0.05) is 25.4 Å². The first-order chi connectivity index (χ1) is 9.79. The second-order valence-corrected chi connectivity index (χ2v) is 6.04. The maximum absolute atomic E-state index is 9.14. The third kappa shape index (κ3) is 4.91. The van der Waals surface area contributed by atoms with E-state index in [9.17, 15) is 0 Å². The van der Waals surface area contributed by atoms with Crippen LogP contribution in [0.3, 0.4) is 0 Å². The van der Waals surface area contributed by atoms with Crippen LogP contribution in [0.25, 0.3) is 0 Å². The van der Waals surface area contributed by atoms with Gasteiger partial charge in [0.15, 0.2) is 0 Å². The van der Waals surface area contributed by atoms with E-state index < -0.39 is 0 Å². The fourth-order valence-corrected chi connectivity index (χ4v) is 3.19. The van der Waals surface area contributed by atoms with Crippen LogP contribution < -0.4 is 0 Å². The minimum absolute atomic E-state index is 0.333. The summed E-state index contributed by atoms with van der Waals surface area (Å²) in [6.07, 6.45) is 12.7. The van der Waals surface area contributed by atoms with Gasteiger partial charge in [0.2, 0.25) is 0 Å². The smallest absolute Gasteiger partial charge is 0.0518 e. The number of unbranched alkanes of at least 4 members (excludes halogenated alkanes) is 2. The quantitative estimate of drug-likeness (QED) is 0.744. The van der Waals surface area contributed by atoms with Crippen LogP contribution in [0.5, 0.6) is 0 Å². The predicted molar refractivity (Wildman–Crippen MR) is 81.7 cm³/mol. The lowest BCUT2D eigenvalue weighted by Crippen LogP contribution is -2.40. The maximum atomic E-state index is 9.14. The Kier molecular flexibility index (Phi) is 6.54. The van der Waals surface area contributed by atoms with Crippen LogP contribution in [0.1, 0.15) is 50.5 Å². The van der Waals surface area contributed by atoms with Crippen LogP contribution in [0.2, 0.25) is 0 Å². The Labute approximate surface area is 122 Å². The number of hydrogen-bond donors (Lipinski definition) is 1. The molecule has 2 heterocycles. The molecule has 4 heteroatoms. The molecule has 0 aliphatic carbocycles. The van der Waals surface area contributed by atoms with E-state index in [-0.39, 0.29) is 0 Å². The van der Waals surface area contributed by atoms with Crippen LogP contribution in [-0.2, 0) is 6.54 Å². The molecule has 1 aliphatic rings. The Bertz CT molecular complexity index is 376. The topological polar surface area (TPSA) is 41.3 Å². The first-order valence-electron chi connectivity index (χ1n) is 8.13. The Morgan fingerprint density at radius 2 is 2.10 bits per heavy atom. The Morgan fingerprint density at radius 1 is 1.25 bits per heavy atom. The zero-order chi connectivity index (χ0) is 14.2. The zero-order valence-corrected chi connectivity index (χ0v) is 12.8. The summed E-state index contributed by atoms with van der Waals surface area (Å²) in [5.74, 6) is 0. The van der Waals surface area contributed by atoms with E-state index in [2.05, 4.69) is 23.1 Å². The normalized spacial score (nSPS) is 20.4. The highest BCUT2D eigenvalue weighted by molar-refractivity contribution is 4.99. The number of likely N-dealkylation sites (tertiary alicyclic amines) is 1. The van der Waals surface area contributed by atoms with Crippen molar-refractivity contribution in [2.45, 2.75) is 64.5 Å². The van der Waals surface area contributed by atoms with Crippen molar-refractivity contribution in [2.24, 2.45) is 0 Å². The Balaban J connectivity index is 1.59. The number of aliphatic hydroxyl groups excluding tert-OH is 1. The SMILES string of the molecule is Cc1cnn(CCCCCN2CCCCC2CCO)c1. The lowest BCUT2D eigenvalue weighted by Gasteiger charge is -2.35. The molecular weight excluding hydrogens is 250 g/mol. The monoisotopic (exact) mass is 279 g/mol. The molecule has 1 N–H and O–H groups in total. The molecule has 0 saturated carbocycles. The third-order valence-corrected chi connectivity index (χ3v) is 4.31. The summed E-state index contributed by atoms with van der Waals surface area (Å²) in [4.78, 5) is 2.60. The summed E-state index contributed by atoms with van der Waals surface area (Å²) >= 11 is 0. The van der Waals surface area contributed by atoms with Gasteiger partial charge in [-0.2, -0.15) is 5.10 Å². The molecule has 1 fully saturated rings. The van der Waals surface area contributed by atoms with Crippen molar-refractivity contribution in [1.82, 2.24) is 14.7 Å². The highest BCUT2D eigenvalue weighted by Crippen LogP contribution is 2.20. The van der Waals surface area contributed by atoms with Crippen molar-refractivity contribution in [3.8, 4) is 0 Å². The van der Waals surface area contributed by atoms with E-state index in [4.69, 9.17) is 5.11 Å². The highest BCUT2D eigenvalue weighted by Gasteiger charge is 2.20. The van der Waals surface area contributed by atoms with Gasteiger partial charge in [-0.3, -0.25) is 4.68 Å². The molecule has 0 aromatic carbocycles. The molecule has 114 valence electrons. The average molecular weight is 279 g/mol. The lowest BCUT2D eigenvalue weighted by atomic mass is 9.99. The van der Waals surface area contributed by atoms with Crippen LogP contribution >= 0.6 is 0 Å². The zero-order valence-electron chi connectivity index (χ0n) is 12.8. The first-order valence-corrected chi connectivity index (χ1v) is 8.13. The summed E-state index contributed by atoms with van der Waals surface area (Å²) in [5.41, 5.74) is 1.24. The number of nitrogens with zero attached hydrogens (tertiary/aromatic N) is 3. The van der Waals surface area contributed by atoms with Crippen molar-refractivity contribution in [3.05, 3.63) is 18.0 Å². The standard InChI is InChI=1S/C16H29N3O/c1-15-13-17-19(14-15)11-5-2-4-9-18-10-6-3-7-16(18)8-12-20/h13-14,16,20H,2-12H2,1H3. The third-order valence-electron chi connectivity index (χ3n) is 4.31. The fourth-order valence-electron chi connectivity index (χ4n) is 3.19. The number of hydrogen-bond acceptors (Lipinski definition) is 3. The number of rotatable bonds is 8. The average Bonchev–Trinajstić information content (AvgIpc) is 2.86. The number of piperidine rings is 1. The van der Waals surface area contributed by atoms with Crippen molar-refractivity contribution in [2.75, 3.05) is 19.7 Å². The summed E-state index contributed by atoms with van der Waals surface area (Å²) in [6.45, 7) is 5.88. The van der Waals surface area contributed by atoms with E-state index in [1.54, 1.807) is 0 Å². The molecule has 1 aromatic heterocycles. The van der Waals surface area contributed by atoms with Crippen LogP contribution in [-0.4, -0.2) is 45.5 Å². The molecule has 0 radical (unpaired) electrons. The maximum Gasteiger partial charge on any atom is 0.0518 e. The van der Waals surface area contributed by atoms with Gasteiger partial charge in [0.1, 0.15) is 0 Å². The van der Waals surface area contributed by atoms with Crippen LogP contribution in [0, 0.1) is 6.92 Å². The molecule has 4 nitrogen and oxygen atoms in total. The van der Waals surface area contributed by atoms with Crippen molar-refractivity contribution < 1.29 is 5.11 Å². The molecule has 2 rings (SSSR count). The fraction of sp³-hybridized carbons (Fsp3) is 0.812. The summed E-state index contributed by atoms with van der Waals surface area (Å²) in [6, 6.07) is 0.627. The van der Waals surface area contributed by atoms with Crippen molar-refractivity contribution in [1.29, 1.82) is 0 Å². The molecule has 1 atom stereocenters. The Hall–Kier alpha value is -0.870. The molecule has 0 amide bonds. The molecule has 1 unspecified atom stereocenters. The minimum Gasteiger partial charge on any atom is -0.396 e.